The molecule has 0 bridgehead atoms. The zero-order chi connectivity index (χ0) is 43.7. The number of rotatable bonds is 40. The van der Waals surface area contributed by atoms with Crippen LogP contribution in [-0.4, -0.2) is 79.8 Å². The van der Waals surface area contributed by atoms with Crippen LogP contribution in [0.5, 0.6) is 0 Å². The van der Waals surface area contributed by atoms with E-state index in [0.717, 1.165) is 83.5 Å². The summed E-state index contributed by atoms with van der Waals surface area (Å²) in [5, 5.41) is 24.6. The van der Waals surface area contributed by atoms with Gasteiger partial charge >= 0.3 is 0 Å². The number of nitrogens with zero attached hydrogens (tertiary/aromatic N) is 1. The molecule has 0 aliphatic heterocycles. The normalized spacial score (nSPS) is 15.6. The zero-order valence-corrected chi connectivity index (χ0v) is 38.9. The van der Waals surface area contributed by atoms with Crippen LogP contribution in [0.4, 0.5) is 0 Å². The van der Waals surface area contributed by atoms with Gasteiger partial charge in [-0.2, -0.15) is 0 Å². The van der Waals surface area contributed by atoms with Crippen molar-refractivity contribution in [3.05, 3.63) is 85.1 Å². The molecule has 0 aromatic heterocycles. The third-order valence-corrected chi connectivity index (χ3v) is 10.7. The van der Waals surface area contributed by atoms with Gasteiger partial charge in [-0.3, -0.25) is 9.36 Å². The highest BCUT2D eigenvalue weighted by Gasteiger charge is 2.29. The molecule has 0 aliphatic carbocycles. The van der Waals surface area contributed by atoms with Gasteiger partial charge in [0.2, 0.25) is 5.91 Å². The summed E-state index contributed by atoms with van der Waals surface area (Å²) in [5.41, 5.74) is 0. The van der Waals surface area contributed by atoms with Crippen LogP contribution in [0.3, 0.4) is 0 Å². The molecule has 4 atom stereocenters. The number of aliphatic hydroxyl groups excluding tert-OH is 2. The summed E-state index contributed by atoms with van der Waals surface area (Å²) >= 11 is 0. The lowest BCUT2D eigenvalue weighted by Crippen LogP contribution is -2.51. The average molecular weight is 847 g/mol. The standard InChI is InChI=1S/C49H87N2O7P/c1-6-8-10-12-14-16-18-20-21-22-23-24-25-26-27-28-29-30-32-34-36-38-40-42-48(53)50-46(45-58-59(55,56)57-44-43-51(3,4)5)49(54)47(52)41-39-37-35-33-31-19-17-15-13-11-9-7-2/h8,10,14-17,20-21,23-24,26-27,33,35,46-47,49,52,54H,6-7,9,11-13,18-19,22,25,28-32,34,36-45H2,1-5H3,(H-,50,53,55,56)/b10-8-,16-14-,17-15+,21-20-,24-23-,27-26-,35-33+. The van der Waals surface area contributed by atoms with Gasteiger partial charge in [-0.25, -0.2) is 0 Å². The Morgan fingerprint density at radius 3 is 1.63 bits per heavy atom. The number of likely N-dealkylation sites (N-methyl/N-ethyl adjacent to an activating group) is 1. The van der Waals surface area contributed by atoms with Crippen molar-refractivity contribution in [1.29, 1.82) is 0 Å². The molecule has 0 aliphatic rings. The number of nitrogens with one attached hydrogen (secondary N) is 1. The quantitative estimate of drug-likeness (QED) is 0.0242. The number of quaternary nitrogens is 1. The molecule has 0 aromatic carbocycles. The van der Waals surface area contributed by atoms with Gasteiger partial charge in [0.05, 0.1) is 39.9 Å². The largest absolute Gasteiger partial charge is 0.756 e. The molecule has 0 saturated carbocycles. The Bertz CT molecular complexity index is 1250. The molecule has 59 heavy (non-hydrogen) atoms. The molecule has 9 nitrogen and oxygen atoms in total. The van der Waals surface area contributed by atoms with Gasteiger partial charge in [-0.15, -0.1) is 0 Å². The first-order valence-electron chi connectivity index (χ1n) is 23.0. The summed E-state index contributed by atoms with van der Waals surface area (Å²) in [7, 11) is 1.07. The molecule has 0 rings (SSSR count). The summed E-state index contributed by atoms with van der Waals surface area (Å²) in [6.07, 6.45) is 50.5. The van der Waals surface area contributed by atoms with E-state index in [1.165, 1.54) is 38.5 Å². The van der Waals surface area contributed by atoms with E-state index in [1.54, 1.807) is 0 Å². The van der Waals surface area contributed by atoms with Crippen LogP contribution in [0.1, 0.15) is 162 Å². The molecule has 0 aromatic rings. The highest BCUT2D eigenvalue weighted by atomic mass is 31.2. The van der Waals surface area contributed by atoms with E-state index >= 15 is 0 Å². The number of allylic oxidation sites excluding steroid dienone is 14. The van der Waals surface area contributed by atoms with E-state index in [0.29, 0.717) is 30.3 Å². The number of phosphoric ester groups is 1. The van der Waals surface area contributed by atoms with E-state index in [9.17, 15) is 24.5 Å². The molecule has 4 unspecified atom stereocenters. The lowest BCUT2D eigenvalue weighted by Gasteiger charge is -2.31. The number of aliphatic hydroxyl groups is 2. The summed E-state index contributed by atoms with van der Waals surface area (Å²) < 4.78 is 23.1. The Kier molecular flexibility index (Phi) is 38.2. The average Bonchev–Trinajstić information content (AvgIpc) is 3.19. The second-order valence-electron chi connectivity index (χ2n) is 16.5. The smallest absolute Gasteiger partial charge is 0.268 e. The highest BCUT2D eigenvalue weighted by Crippen LogP contribution is 2.38. The van der Waals surface area contributed by atoms with E-state index in [4.69, 9.17) is 9.05 Å². The molecule has 0 fully saturated rings. The Morgan fingerprint density at radius 2 is 1.08 bits per heavy atom. The molecule has 3 N–H and O–H groups in total. The van der Waals surface area contributed by atoms with Crippen LogP contribution < -0.4 is 10.2 Å². The summed E-state index contributed by atoms with van der Waals surface area (Å²) in [4.78, 5) is 25.4. The van der Waals surface area contributed by atoms with Crippen molar-refractivity contribution in [3.8, 4) is 0 Å². The highest BCUT2D eigenvalue weighted by molar-refractivity contribution is 7.45. The van der Waals surface area contributed by atoms with Gasteiger partial charge in [-0.05, 0) is 96.3 Å². The van der Waals surface area contributed by atoms with Gasteiger partial charge < -0.3 is 34.0 Å². The Labute approximate surface area is 361 Å². The molecule has 0 saturated heterocycles. The Morgan fingerprint density at radius 1 is 0.627 bits per heavy atom. The van der Waals surface area contributed by atoms with Crippen LogP contribution in [0.25, 0.3) is 0 Å². The number of carbonyl (C=O) groups excluding carboxylic acids is 1. The minimum Gasteiger partial charge on any atom is -0.756 e. The van der Waals surface area contributed by atoms with Gasteiger partial charge in [-0.1, -0.05) is 144 Å². The number of carbonyl (C=O) groups is 1. The van der Waals surface area contributed by atoms with Crippen LogP contribution in [-0.2, 0) is 18.4 Å². The lowest BCUT2D eigenvalue weighted by molar-refractivity contribution is -0.870. The molecular weight excluding hydrogens is 760 g/mol. The van der Waals surface area contributed by atoms with E-state index in [-0.39, 0.29) is 18.9 Å². The molecule has 0 spiro atoms. The molecule has 340 valence electrons. The summed E-state index contributed by atoms with van der Waals surface area (Å²) in [5.74, 6) is -0.309. The van der Waals surface area contributed by atoms with Crippen molar-refractivity contribution in [1.82, 2.24) is 5.32 Å². The van der Waals surface area contributed by atoms with E-state index in [2.05, 4.69) is 104 Å². The van der Waals surface area contributed by atoms with Crippen molar-refractivity contribution in [3.63, 3.8) is 0 Å². The van der Waals surface area contributed by atoms with Crippen LogP contribution in [0, 0.1) is 0 Å². The third-order valence-electron chi connectivity index (χ3n) is 9.69. The monoisotopic (exact) mass is 847 g/mol. The van der Waals surface area contributed by atoms with Crippen LogP contribution in [0.2, 0.25) is 0 Å². The first kappa shape index (κ1) is 56.6. The van der Waals surface area contributed by atoms with Gasteiger partial charge in [0.15, 0.2) is 0 Å². The number of hydrogen-bond acceptors (Lipinski definition) is 7. The molecular formula is C49H87N2O7P. The zero-order valence-electron chi connectivity index (χ0n) is 38.0. The minimum absolute atomic E-state index is 0.0560. The molecule has 10 heteroatoms. The topological polar surface area (TPSA) is 128 Å². The number of hydrogen-bond donors (Lipinski definition) is 3. The maximum absolute atomic E-state index is 12.9. The van der Waals surface area contributed by atoms with Crippen LogP contribution in [0.15, 0.2) is 85.1 Å². The maximum atomic E-state index is 12.9. The number of phosphoric acid groups is 1. The fourth-order valence-corrected chi connectivity index (χ4v) is 6.72. The first-order chi connectivity index (χ1) is 28.4. The predicted molar refractivity (Wildman–Crippen MR) is 248 cm³/mol. The summed E-state index contributed by atoms with van der Waals surface area (Å²) in [6.45, 7) is 4.23. The Hall–Kier alpha value is -2.36. The second kappa shape index (κ2) is 39.8. The maximum Gasteiger partial charge on any atom is 0.268 e. The third kappa shape index (κ3) is 40.8. The molecule has 0 heterocycles. The predicted octanol–water partition coefficient (Wildman–Crippen LogP) is 11.3. The molecule has 1 amide bonds. The van der Waals surface area contributed by atoms with E-state index < -0.39 is 32.7 Å². The van der Waals surface area contributed by atoms with Crippen molar-refractivity contribution >= 4 is 13.7 Å². The van der Waals surface area contributed by atoms with Crippen molar-refractivity contribution < 1.29 is 38.0 Å². The van der Waals surface area contributed by atoms with Gasteiger partial charge in [0, 0.05) is 6.42 Å². The van der Waals surface area contributed by atoms with Crippen molar-refractivity contribution in [2.75, 3.05) is 40.9 Å². The number of unbranched alkanes of at least 4 members (excludes halogenated alkanes) is 12. The fourth-order valence-electron chi connectivity index (χ4n) is 6.00. The number of amides is 1. The fraction of sp³-hybridized carbons (Fsp3) is 0.694. The van der Waals surface area contributed by atoms with Crippen LogP contribution >= 0.6 is 7.82 Å². The van der Waals surface area contributed by atoms with Gasteiger partial charge in [0.1, 0.15) is 19.3 Å². The minimum atomic E-state index is -4.69. The SMILES string of the molecule is CC/C=C\C/C=C\C/C=C\C/C=C\C/C=C\CCCCCCCCCC(=O)NC(COP(=O)([O-])OCC[N+](C)(C)C)C(O)C(O)CCC/C=C/CC/C=C/CCCCC. The first-order valence-corrected chi connectivity index (χ1v) is 24.5. The van der Waals surface area contributed by atoms with E-state index in [1.807, 2.05) is 21.1 Å². The second-order valence-corrected chi connectivity index (χ2v) is 17.9. The lowest BCUT2D eigenvalue weighted by atomic mass is 10.0. The van der Waals surface area contributed by atoms with Gasteiger partial charge in [0.25, 0.3) is 7.82 Å². The van der Waals surface area contributed by atoms with Crippen molar-refractivity contribution in [2.24, 2.45) is 0 Å². The Balaban J connectivity index is 4.50. The van der Waals surface area contributed by atoms with Crippen molar-refractivity contribution in [2.45, 2.75) is 180 Å². The summed E-state index contributed by atoms with van der Waals surface area (Å²) in [6, 6.07) is -1.11. The molecule has 0 radical (unpaired) electrons.